The van der Waals surface area contributed by atoms with Crippen LogP contribution in [0.5, 0.6) is 0 Å². The molecule has 0 spiro atoms. The molecule has 0 bridgehead atoms. The Balaban J connectivity index is 1.80. The normalized spacial score (nSPS) is 10.8. The third-order valence-electron chi connectivity index (χ3n) is 3.84. The van der Waals surface area contributed by atoms with Crippen molar-refractivity contribution in [1.82, 2.24) is 24.7 Å². The molecule has 0 fully saturated rings. The van der Waals surface area contributed by atoms with Crippen molar-refractivity contribution in [3.05, 3.63) is 81.2 Å². The molecule has 4 rings (SSSR count). The summed E-state index contributed by atoms with van der Waals surface area (Å²) in [5, 5.41) is 21.3. The van der Waals surface area contributed by atoms with Crippen LogP contribution in [0, 0.1) is 10.1 Å². The van der Waals surface area contributed by atoms with E-state index in [1.54, 1.807) is 47.3 Å². The van der Waals surface area contributed by atoms with Crippen molar-refractivity contribution >= 4 is 40.7 Å². The standard InChI is InChI=1S/C18H10Cl2N6O2S/c19-14-5-3-12(8-15(14)20)25-17(11-2-1-7-21-9-11)23-24-18(25)29-16-6-4-13(10-22-16)26(27)28/h1-10H. The Morgan fingerprint density at radius 1 is 1.03 bits per heavy atom. The molecule has 8 nitrogen and oxygen atoms in total. The van der Waals surface area contributed by atoms with Crippen molar-refractivity contribution in [1.29, 1.82) is 0 Å². The van der Waals surface area contributed by atoms with Gasteiger partial charge >= 0.3 is 0 Å². The molecule has 0 saturated heterocycles. The molecular weight excluding hydrogens is 435 g/mol. The SMILES string of the molecule is O=[N+]([O-])c1ccc(Sc2nnc(-c3cccnc3)n2-c2ccc(Cl)c(Cl)c2)nc1. The number of benzene rings is 1. The fraction of sp³-hybridized carbons (Fsp3) is 0. The second-order valence-electron chi connectivity index (χ2n) is 5.70. The molecule has 0 atom stereocenters. The van der Waals surface area contributed by atoms with Crippen molar-refractivity contribution in [3.63, 3.8) is 0 Å². The topological polar surface area (TPSA) is 99.6 Å². The van der Waals surface area contributed by atoms with E-state index in [-0.39, 0.29) is 5.69 Å². The minimum atomic E-state index is -0.500. The van der Waals surface area contributed by atoms with E-state index in [0.29, 0.717) is 31.7 Å². The molecule has 0 aliphatic heterocycles. The van der Waals surface area contributed by atoms with E-state index in [4.69, 9.17) is 23.2 Å². The van der Waals surface area contributed by atoms with E-state index < -0.39 is 4.92 Å². The summed E-state index contributed by atoms with van der Waals surface area (Å²) in [6.07, 6.45) is 4.54. The van der Waals surface area contributed by atoms with Gasteiger partial charge in [0.1, 0.15) is 11.2 Å². The number of hydrogen-bond donors (Lipinski definition) is 0. The first-order valence-corrected chi connectivity index (χ1v) is 9.70. The van der Waals surface area contributed by atoms with E-state index in [1.165, 1.54) is 24.0 Å². The predicted molar refractivity (Wildman–Crippen MR) is 110 cm³/mol. The molecule has 0 aliphatic rings. The first-order chi connectivity index (χ1) is 14.0. The number of hydrogen-bond acceptors (Lipinski definition) is 7. The van der Waals surface area contributed by atoms with Gasteiger partial charge in [0.05, 0.1) is 20.7 Å². The molecule has 144 valence electrons. The molecule has 4 aromatic rings. The predicted octanol–water partition coefficient (Wildman–Crippen LogP) is 5.09. The first kappa shape index (κ1) is 19.3. The molecule has 0 N–H and O–H groups in total. The Bertz CT molecular complexity index is 1180. The van der Waals surface area contributed by atoms with Gasteiger partial charge in [-0.2, -0.15) is 0 Å². The summed E-state index contributed by atoms with van der Waals surface area (Å²) >= 11 is 13.5. The summed E-state index contributed by atoms with van der Waals surface area (Å²) in [5.74, 6) is 0.556. The molecule has 3 heterocycles. The van der Waals surface area contributed by atoms with Gasteiger partial charge in [-0.1, -0.05) is 23.2 Å². The van der Waals surface area contributed by atoms with Gasteiger partial charge in [-0.25, -0.2) is 4.98 Å². The zero-order valence-electron chi connectivity index (χ0n) is 14.4. The number of aromatic nitrogens is 5. The van der Waals surface area contributed by atoms with Gasteiger partial charge in [0.2, 0.25) is 5.16 Å². The highest BCUT2D eigenvalue weighted by atomic mass is 35.5. The van der Waals surface area contributed by atoms with Crippen LogP contribution in [0.4, 0.5) is 5.69 Å². The van der Waals surface area contributed by atoms with E-state index in [0.717, 1.165) is 5.56 Å². The summed E-state index contributed by atoms with van der Waals surface area (Å²) < 4.78 is 1.80. The lowest BCUT2D eigenvalue weighted by atomic mass is 10.2. The lowest BCUT2D eigenvalue weighted by molar-refractivity contribution is -0.385. The van der Waals surface area contributed by atoms with E-state index in [1.807, 2.05) is 6.07 Å². The summed E-state index contributed by atoms with van der Waals surface area (Å²) in [4.78, 5) is 18.6. The van der Waals surface area contributed by atoms with Crippen LogP contribution in [0.3, 0.4) is 0 Å². The summed E-state index contributed by atoms with van der Waals surface area (Å²) in [7, 11) is 0. The van der Waals surface area contributed by atoms with Crippen LogP contribution in [0.2, 0.25) is 10.0 Å². The van der Waals surface area contributed by atoms with Gasteiger partial charge in [0.15, 0.2) is 5.82 Å². The largest absolute Gasteiger partial charge is 0.287 e. The van der Waals surface area contributed by atoms with Crippen molar-refractivity contribution in [2.45, 2.75) is 10.2 Å². The van der Waals surface area contributed by atoms with Crippen molar-refractivity contribution in [2.75, 3.05) is 0 Å². The van der Waals surface area contributed by atoms with Gasteiger partial charge in [0, 0.05) is 24.0 Å². The van der Waals surface area contributed by atoms with Crippen LogP contribution in [0.15, 0.2) is 71.2 Å². The molecule has 3 aromatic heterocycles. The molecule has 0 amide bonds. The average molecular weight is 445 g/mol. The van der Waals surface area contributed by atoms with Crippen molar-refractivity contribution < 1.29 is 4.92 Å². The van der Waals surface area contributed by atoms with Gasteiger partial charge in [-0.05, 0) is 48.2 Å². The molecule has 1 aromatic carbocycles. The summed E-state index contributed by atoms with van der Waals surface area (Å²) in [6, 6.07) is 11.8. The third kappa shape index (κ3) is 4.07. The van der Waals surface area contributed by atoms with E-state index >= 15 is 0 Å². The Kier molecular flexibility index (Phi) is 5.43. The number of rotatable bonds is 5. The first-order valence-electron chi connectivity index (χ1n) is 8.12. The monoisotopic (exact) mass is 444 g/mol. The van der Waals surface area contributed by atoms with Crippen LogP contribution >= 0.6 is 35.0 Å². The molecule has 0 radical (unpaired) electrons. The Morgan fingerprint density at radius 2 is 1.90 bits per heavy atom. The lowest BCUT2D eigenvalue weighted by Crippen LogP contribution is -2.00. The Hall–Kier alpha value is -3.01. The average Bonchev–Trinajstić information content (AvgIpc) is 3.14. The quantitative estimate of drug-likeness (QED) is 0.312. The zero-order chi connectivity index (χ0) is 20.4. The highest BCUT2D eigenvalue weighted by molar-refractivity contribution is 7.99. The maximum absolute atomic E-state index is 10.8. The van der Waals surface area contributed by atoms with Crippen LogP contribution in [-0.2, 0) is 0 Å². The van der Waals surface area contributed by atoms with Crippen LogP contribution in [0.25, 0.3) is 17.1 Å². The van der Waals surface area contributed by atoms with Crippen LogP contribution < -0.4 is 0 Å². The zero-order valence-corrected chi connectivity index (χ0v) is 16.8. The van der Waals surface area contributed by atoms with Gasteiger partial charge in [0.25, 0.3) is 5.69 Å². The smallest absolute Gasteiger partial charge is 0.270 e. The molecule has 0 saturated carbocycles. The highest BCUT2D eigenvalue weighted by Crippen LogP contribution is 2.33. The highest BCUT2D eigenvalue weighted by Gasteiger charge is 2.18. The molecule has 29 heavy (non-hydrogen) atoms. The Labute approximate surface area is 178 Å². The lowest BCUT2D eigenvalue weighted by Gasteiger charge is -2.11. The molecule has 11 heteroatoms. The number of nitrogens with zero attached hydrogens (tertiary/aromatic N) is 6. The maximum Gasteiger partial charge on any atom is 0.287 e. The second-order valence-corrected chi connectivity index (χ2v) is 7.50. The minimum absolute atomic E-state index is 0.0867. The molecular formula is C18H10Cl2N6O2S. The third-order valence-corrected chi connectivity index (χ3v) is 5.48. The number of nitro groups is 1. The fourth-order valence-corrected chi connectivity index (χ4v) is 3.60. The van der Waals surface area contributed by atoms with Crippen LogP contribution in [-0.4, -0.2) is 29.7 Å². The van der Waals surface area contributed by atoms with Gasteiger partial charge < -0.3 is 0 Å². The number of pyridine rings is 2. The van der Waals surface area contributed by atoms with Crippen molar-refractivity contribution in [2.24, 2.45) is 0 Å². The Morgan fingerprint density at radius 3 is 2.55 bits per heavy atom. The molecule has 0 unspecified atom stereocenters. The van der Waals surface area contributed by atoms with Crippen LogP contribution in [0.1, 0.15) is 0 Å². The fourth-order valence-electron chi connectivity index (χ4n) is 2.51. The van der Waals surface area contributed by atoms with Gasteiger partial charge in [-0.3, -0.25) is 19.7 Å². The minimum Gasteiger partial charge on any atom is -0.270 e. The second kappa shape index (κ2) is 8.16. The summed E-state index contributed by atoms with van der Waals surface area (Å²) in [6.45, 7) is 0. The summed E-state index contributed by atoms with van der Waals surface area (Å²) in [5.41, 5.74) is 1.37. The number of halogens is 2. The van der Waals surface area contributed by atoms with E-state index in [9.17, 15) is 10.1 Å². The van der Waals surface area contributed by atoms with Gasteiger partial charge in [-0.15, -0.1) is 10.2 Å². The van der Waals surface area contributed by atoms with E-state index in [2.05, 4.69) is 20.2 Å². The maximum atomic E-state index is 10.8. The molecule has 0 aliphatic carbocycles. The van der Waals surface area contributed by atoms with Crippen molar-refractivity contribution in [3.8, 4) is 17.1 Å².